The highest BCUT2D eigenvalue weighted by Crippen LogP contribution is 2.28. The van der Waals surface area contributed by atoms with Crippen LogP contribution in [0.25, 0.3) is 11.1 Å². The fourth-order valence-electron chi connectivity index (χ4n) is 2.13. The number of ether oxygens (including phenoxy) is 1. The zero-order valence-electron chi connectivity index (χ0n) is 11.0. The average Bonchev–Trinajstić information content (AvgIpc) is 2.37. The zero-order valence-corrected chi connectivity index (χ0v) is 11.0. The molecule has 1 N–H and O–H groups in total. The second-order valence-electron chi connectivity index (χ2n) is 4.47. The van der Waals surface area contributed by atoms with Crippen molar-refractivity contribution in [1.82, 2.24) is 0 Å². The van der Waals surface area contributed by atoms with Gasteiger partial charge in [0.25, 0.3) is 0 Å². The summed E-state index contributed by atoms with van der Waals surface area (Å²) in [5.41, 5.74) is 4.77. The van der Waals surface area contributed by atoms with Crippen LogP contribution < -0.4 is 4.74 Å². The van der Waals surface area contributed by atoms with Gasteiger partial charge in [0.05, 0.1) is 0 Å². The summed E-state index contributed by atoms with van der Waals surface area (Å²) in [7, 11) is 0. The quantitative estimate of drug-likeness (QED) is 0.911. The Morgan fingerprint density at radius 1 is 1.05 bits per heavy atom. The van der Waals surface area contributed by atoms with Crippen LogP contribution in [0.4, 0.5) is 0 Å². The van der Waals surface area contributed by atoms with Crippen LogP contribution in [0.3, 0.4) is 0 Å². The Morgan fingerprint density at radius 3 is 2.16 bits per heavy atom. The van der Waals surface area contributed by atoms with Crippen LogP contribution in [0.1, 0.15) is 11.1 Å². The Morgan fingerprint density at radius 2 is 1.63 bits per heavy atom. The Hall–Kier alpha value is -2.29. The maximum absolute atomic E-state index is 10.4. The molecular formula is C16H16O3. The van der Waals surface area contributed by atoms with Crippen LogP contribution >= 0.6 is 0 Å². The Bertz CT molecular complexity index is 565. The van der Waals surface area contributed by atoms with E-state index >= 15 is 0 Å². The molecule has 2 aromatic rings. The molecule has 0 radical (unpaired) electrons. The first kappa shape index (κ1) is 13.1. The van der Waals surface area contributed by atoms with E-state index in [9.17, 15) is 4.79 Å². The molecule has 0 aliphatic rings. The molecule has 0 aliphatic carbocycles. The fourth-order valence-corrected chi connectivity index (χ4v) is 2.13. The summed E-state index contributed by atoms with van der Waals surface area (Å²) in [4.78, 5) is 10.4. The molecule has 0 heterocycles. The van der Waals surface area contributed by atoms with Crippen molar-refractivity contribution in [1.29, 1.82) is 0 Å². The van der Waals surface area contributed by atoms with E-state index in [1.807, 2.05) is 18.2 Å². The summed E-state index contributed by atoms with van der Waals surface area (Å²) in [5, 5.41) is 8.56. The van der Waals surface area contributed by atoms with Crippen molar-refractivity contribution in [2.75, 3.05) is 6.61 Å². The number of aliphatic carboxylic acids is 1. The van der Waals surface area contributed by atoms with Crippen molar-refractivity contribution in [3.8, 4) is 16.9 Å². The minimum Gasteiger partial charge on any atom is -0.482 e. The van der Waals surface area contributed by atoms with Gasteiger partial charge in [-0.25, -0.2) is 4.79 Å². The van der Waals surface area contributed by atoms with Crippen molar-refractivity contribution in [3.63, 3.8) is 0 Å². The van der Waals surface area contributed by atoms with Gasteiger partial charge in [-0.05, 0) is 48.2 Å². The molecule has 0 atom stereocenters. The second kappa shape index (κ2) is 5.57. The highest BCUT2D eigenvalue weighted by molar-refractivity contribution is 5.71. The number of carboxylic acid groups (broad SMARTS) is 1. The lowest BCUT2D eigenvalue weighted by Gasteiger charge is -2.10. The standard InChI is InChI=1S/C16H16O3/c1-11-4-3-5-12(2)16(11)13-6-8-14(9-7-13)19-10-15(17)18/h3-9H,10H2,1-2H3,(H,17,18). The third-order valence-corrected chi connectivity index (χ3v) is 2.99. The lowest BCUT2D eigenvalue weighted by Crippen LogP contribution is -2.09. The number of aryl methyl sites for hydroxylation is 2. The molecule has 2 aromatic carbocycles. The van der Waals surface area contributed by atoms with Crippen LogP contribution in [0, 0.1) is 13.8 Å². The van der Waals surface area contributed by atoms with E-state index in [0.29, 0.717) is 5.75 Å². The summed E-state index contributed by atoms with van der Waals surface area (Å²) in [6.45, 7) is 3.84. The summed E-state index contributed by atoms with van der Waals surface area (Å²) in [5.74, 6) is -0.406. The monoisotopic (exact) mass is 256 g/mol. The van der Waals surface area contributed by atoms with Crippen molar-refractivity contribution in [3.05, 3.63) is 53.6 Å². The van der Waals surface area contributed by atoms with E-state index < -0.39 is 5.97 Å². The van der Waals surface area contributed by atoms with Gasteiger partial charge in [0.15, 0.2) is 6.61 Å². The lowest BCUT2D eigenvalue weighted by atomic mass is 9.96. The van der Waals surface area contributed by atoms with Gasteiger partial charge in [-0.15, -0.1) is 0 Å². The van der Waals surface area contributed by atoms with Crippen LogP contribution in [-0.4, -0.2) is 17.7 Å². The van der Waals surface area contributed by atoms with Crippen LogP contribution in [-0.2, 0) is 4.79 Å². The van der Waals surface area contributed by atoms with Crippen LogP contribution in [0.2, 0.25) is 0 Å². The summed E-state index contributed by atoms with van der Waals surface area (Å²) >= 11 is 0. The SMILES string of the molecule is Cc1cccc(C)c1-c1ccc(OCC(=O)O)cc1. The number of hydrogen-bond donors (Lipinski definition) is 1. The van der Waals surface area contributed by atoms with Gasteiger partial charge in [-0.2, -0.15) is 0 Å². The molecule has 0 spiro atoms. The van der Waals surface area contributed by atoms with Crippen molar-refractivity contribution >= 4 is 5.97 Å². The number of benzene rings is 2. The molecule has 0 unspecified atom stereocenters. The first-order chi connectivity index (χ1) is 9.08. The molecule has 19 heavy (non-hydrogen) atoms. The fraction of sp³-hybridized carbons (Fsp3) is 0.188. The van der Waals surface area contributed by atoms with Gasteiger partial charge in [-0.3, -0.25) is 0 Å². The van der Waals surface area contributed by atoms with E-state index in [0.717, 1.165) is 5.56 Å². The summed E-state index contributed by atoms with van der Waals surface area (Å²) in [6, 6.07) is 13.7. The summed E-state index contributed by atoms with van der Waals surface area (Å²) < 4.78 is 5.12. The molecule has 0 fully saturated rings. The van der Waals surface area contributed by atoms with E-state index in [-0.39, 0.29) is 6.61 Å². The highest BCUT2D eigenvalue weighted by atomic mass is 16.5. The van der Waals surface area contributed by atoms with Crippen LogP contribution in [0.15, 0.2) is 42.5 Å². The third kappa shape index (κ3) is 3.13. The van der Waals surface area contributed by atoms with E-state index in [2.05, 4.69) is 26.0 Å². The lowest BCUT2D eigenvalue weighted by molar-refractivity contribution is -0.139. The Labute approximate surface area is 112 Å². The first-order valence-corrected chi connectivity index (χ1v) is 6.09. The summed E-state index contributed by atoms with van der Waals surface area (Å²) in [6.07, 6.45) is 0. The molecule has 98 valence electrons. The van der Waals surface area contributed by atoms with Gasteiger partial charge in [0.2, 0.25) is 0 Å². The predicted octanol–water partition coefficient (Wildman–Crippen LogP) is 3.43. The van der Waals surface area contributed by atoms with Gasteiger partial charge in [-0.1, -0.05) is 30.3 Å². The minimum atomic E-state index is -0.973. The molecule has 0 aromatic heterocycles. The molecule has 3 heteroatoms. The van der Waals surface area contributed by atoms with E-state index in [4.69, 9.17) is 9.84 Å². The number of carboxylic acids is 1. The number of hydrogen-bond acceptors (Lipinski definition) is 2. The maximum Gasteiger partial charge on any atom is 0.341 e. The smallest absolute Gasteiger partial charge is 0.341 e. The van der Waals surface area contributed by atoms with Crippen molar-refractivity contribution < 1.29 is 14.6 Å². The average molecular weight is 256 g/mol. The van der Waals surface area contributed by atoms with Gasteiger partial charge >= 0.3 is 5.97 Å². The predicted molar refractivity (Wildman–Crippen MR) is 74.5 cm³/mol. The largest absolute Gasteiger partial charge is 0.482 e. The minimum absolute atomic E-state index is 0.317. The molecular weight excluding hydrogens is 240 g/mol. The normalized spacial score (nSPS) is 10.2. The Kier molecular flexibility index (Phi) is 3.85. The van der Waals surface area contributed by atoms with Gasteiger partial charge in [0, 0.05) is 0 Å². The number of rotatable bonds is 4. The van der Waals surface area contributed by atoms with Crippen LogP contribution in [0.5, 0.6) is 5.75 Å². The number of carbonyl (C=O) groups is 1. The zero-order chi connectivity index (χ0) is 13.8. The first-order valence-electron chi connectivity index (χ1n) is 6.09. The molecule has 0 amide bonds. The molecule has 0 aliphatic heterocycles. The highest BCUT2D eigenvalue weighted by Gasteiger charge is 2.05. The Balaban J connectivity index is 2.25. The third-order valence-electron chi connectivity index (χ3n) is 2.99. The molecule has 2 rings (SSSR count). The molecule has 0 saturated heterocycles. The molecule has 0 bridgehead atoms. The van der Waals surface area contributed by atoms with E-state index in [1.54, 1.807) is 12.1 Å². The maximum atomic E-state index is 10.4. The molecule has 0 saturated carbocycles. The topological polar surface area (TPSA) is 46.5 Å². The van der Waals surface area contributed by atoms with Crippen molar-refractivity contribution in [2.45, 2.75) is 13.8 Å². The molecule has 3 nitrogen and oxygen atoms in total. The van der Waals surface area contributed by atoms with Crippen molar-refractivity contribution in [2.24, 2.45) is 0 Å². The van der Waals surface area contributed by atoms with Gasteiger partial charge in [0.1, 0.15) is 5.75 Å². The van der Waals surface area contributed by atoms with E-state index in [1.165, 1.54) is 16.7 Å². The second-order valence-corrected chi connectivity index (χ2v) is 4.47. The van der Waals surface area contributed by atoms with Gasteiger partial charge < -0.3 is 9.84 Å².